The molecule has 2 N–H and O–H groups in total. The highest BCUT2D eigenvalue weighted by atomic mass is 16.5. The van der Waals surface area contributed by atoms with E-state index in [2.05, 4.69) is 45.1 Å². The SMILES string of the molecule is CC(COc1ccc(C(C)(C)C)cc1)NCc1ccc(C(=O)O)cc1. The summed E-state index contributed by atoms with van der Waals surface area (Å²) in [5, 5.41) is 12.3. The first-order valence-corrected chi connectivity index (χ1v) is 8.54. The van der Waals surface area contributed by atoms with Gasteiger partial charge in [-0.25, -0.2) is 4.79 Å². The van der Waals surface area contributed by atoms with Crippen LogP contribution in [0.2, 0.25) is 0 Å². The van der Waals surface area contributed by atoms with Gasteiger partial charge in [0.15, 0.2) is 0 Å². The van der Waals surface area contributed by atoms with Crippen LogP contribution in [0.25, 0.3) is 0 Å². The van der Waals surface area contributed by atoms with Crippen molar-refractivity contribution in [2.45, 2.75) is 45.7 Å². The van der Waals surface area contributed by atoms with Crippen LogP contribution in [0.15, 0.2) is 48.5 Å². The number of carboxylic acids is 1. The van der Waals surface area contributed by atoms with Gasteiger partial charge in [0, 0.05) is 12.6 Å². The quantitative estimate of drug-likeness (QED) is 0.791. The molecule has 0 fully saturated rings. The first-order chi connectivity index (χ1) is 11.8. The zero-order valence-corrected chi connectivity index (χ0v) is 15.4. The molecular formula is C21H27NO3. The lowest BCUT2D eigenvalue weighted by molar-refractivity contribution is 0.0697. The Labute approximate surface area is 149 Å². The number of rotatable bonds is 7. The summed E-state index contributed by atoms with van der Waals surface area (Å²) in [6, 6.07) is 15.3. The van der Waals surface area contributed by atoms with Crippen LogP contribution in [-0.2, 0) is 12.0 Å². The van der Waals surface area contributed by atoms with Crippen LogP contribution < -0.4 is 10.1 Å². The number of aromatic carboxylic acids is 1. The molecule has 4 nitrogen and oxygen atoms in total. The van der Waals surface area contributed by atoms with E-state index >= 15 is 0 Å². The predicted molar refractivity (Wildman–Crippen MR) is 100 cm³/mol. The van der Waals surface area contributed by atoms with Gasteiger partial charge in [-0.05, 0) is 47.7 Å². The van der Waals surface area contributed by atoms with E-state index < -0.39 is 5.97 Å². The molecule has 0 saturated carbocycles. The van der Waals surface area contributed by atoms with Crippen molar-refractivity contribution < 1.29 is 14.6 Å². The van der Waals surface area contributed by atoms with Crippen LogP contribution >= 0.6 is 0 Å². The van der Waals surface area contributed by atoms with Crippen molar-refractivity contribution >= 4 is 5.97 Å². The summed E-state index contributed by atoms with van der Waals surface area (Å²) in [5.74, 6) is -0.0359. The van der Waals surface area contributed by atoms with Crippen LogP contribution in [0.1, 0.15) is 49.2 Å². The predicted octanol–water partition coefficient (Wildman–Crippen LogP) is 4.24. The maximum absolute atomic E-state index is 10.8. The van der Waals surface area contributed by atoms with E-state index in [4.69, 9.17) is 9.84 Å². The van der Waals surface area contributed by atoms with Crippen molar-refractivity contribution in [1.29, 1.82) is 0 Å². The normalized spacial score (nSPS) is 12.6. The molecule has 25 heavy (non-hydrogen) atoms. The Balaban J connectivity index is 1.78. The van der Waals surface area contributed by atoms with Gasteiger partial charge in [0.05, 0.1) is 5.56 Å². The number of carbonyl (C=O) groups is 1. The molecule has 0 bridgehead atoms. The second kappa shape index (κ2) is 8.17. The average Bonchev–Trinajstić information content (AvgIpc) is 2.58. The molecule has 134 valence electrons. The number of ether oxygens (including phenoxy) is 1. The Morgan fingerprint density at radius 1 is 1.08 bits per heavy atom. The monoisotopic (exact) mass is 341 g/mol. The fourth-order valence-electron chi connectivity index (χ4n) is 2.39. The third-order valence-corrected chi connectivity index (χ3v) is 4.08. The Hall–Kier alpha value is -2.33. The lowest BCUT2D eigenvalue weighted by Crippen LogP contribution is -2.31. The van der Waals surface area contributed by atoms with Crippen LogP contribution in [0.3, 0.4) is 0 Å². The zero-order chi connectivity index (χ0) is 18.4. The molecule has 2 aromatic rings. The largest absolute Gasteiger partial charge is 0.492 e. The Morgan fingerprint density at radius 2 is 1.68 bits per heavy atom. The summed E-state index contributed by atoms with van der Waals surface area (Å²) in [6.45, 7) is 9.89. The first-order valence-electron chi connectivity index (χ1n) is 8.54. The second-order valence-electron chi connectivity index (χ2n) is 7.37. The third kappa shape index (κ3) is 5.91. The van der Waals surface area contributed by atoms with E-state index in [1.807, 2.05) is 24.3 Å². The van der Waals surface area contributed by atoms with Gasteiger partial charge in [-0.3, -0.25) is 0 Å². The third-order valence-electron chi connectivity index (χ3n) is 4.08. The van der Waals surface area contributed by atoms with Gasteiger partial charge in [-0.15, -0.1) is 0 Å². The van der Waals surface area contributed by atoms with Gasteiger partial charge in [-0.2, -0.15) is 0 Å². The number of hydrogen-bond donors (Lipinski definition) is 2. The van der Waals surface area contributed by atoms with E-state index in [0.29, 0.717) is 18.7 Å². The highest BCUT2D eigenvalue weighted by Crippen LogP contribution is 2.24. The van der Waals surface area contributed by atoms with Gasteiger partial charge < -0.3 is 15.2 Å². The summed E-state index contributed by atoms with van der Waals surface area (Å²) in [6.07, 6.45) is 0. The molecule has 0 heterocycles. The van der Waals surface area contributed by atoms with E-state index in [1.165, 1.54) is 5.56 Å². The van der Waals surface area contributed by atoms with Crippen molar-refractivity contribution in [2.75, 3.05) is 6.61 Å². The van der Waals surface area contributed by atoms with Gasteiger partial charge in [0.1, 0.15) is 12.4 Å². The highest BCUT2D eigenvalue weighted by molar-refractivity contribution is 5.87. The number of benzene rings is 2. The molecule has 0 amide bonds. The van der Waals surface area contributed by atoms with Gasteiger partial charge in [0.2, 0.25) is 0 Å². The molecule has 0 aliphatic rings. The Kier molecular flexibility index (Phi) is 6.21. The topological polar surface area (TPSA) is 58.6 Å². The number of nitrogens with one attached hydrogen (secondary N) is 1. The summed E-state index contributed by atoms with van der Waals surface area (Å²) in [4.78, 5) is 10.8. The summed E-state index contributed by atoms with van der Waals surface area (Å²) in [7, 11) is 0. The van der Waals surface area contributed by atoms with Crippen LogP contribution in [0.5, 0.6) is 5.75 Å². The van der Waals surface area contributed by atoms with E-state index in [1.54, 1.807) is 12.1 Å². The molecule has 0 aliphatic carbocycles. The average molecular weight is 341 g/mol. The summed E-state index contributed by atoms with van der Waals surface area (Å²) < 4.78 is 5.83. The summed E-state index contributed by atoms with van der Waals surface area (Å²) >= 11 is 0. The smallest absolute Gasteiger partial charge is 0.335 e. The van der Waals surface area contributed by atoms with Gasteiger partial charge >= 0.3 is 5.97 Å². The molecule has 0 saturated heterocycles. The molecule has 0 spiro atoms. The zero-order valence-electron chi connectivity index (χ0n) is 15.4. The molecular weight excluding hydrogens is 314 g/mol. The molecule has 4 heteroatoms. The van der Waals surface area contributed by atoms with Crippen molar-refractivity contribution in [3.8, 4) is 5.75 Å². The van der Waals surface area contributed by atoms with Crippen LogP contribution in [-0.4, -0.2) is 23.7 Å². The fraction of sp³-hybridized carbons (Fsp3) is 0.381. The van der Waals surface area contributed by atoms with Gasteiger partial charge in [0.25, 0.3) is 0 Å². The maximum atomic E-state index is 10.8. The molecule has 0 radical (unpaired) electrons. The van der Waals surface area contributed by atoms with Crippen LogP contribution in [0.4, 0.5) is 0 Å². The minimum Gasteiger partial charge on any atom is -0.492 e. The molecule has 1 atom stereocenters. The molecule has 0 aromatic heterocycles. The van der Waals surface area contributed by atoms with Crippen molar-refractivity contribution in [2.24, 2.45) is 0 Å². The first kappa shape index (κ1) is 19.0. The summed E-state index contributed by atoms with van der Waals surface area (Å²) in [5.41, 5.74) is 2.78. The van der Waals surface area contributed by atoms with E-state index in [-0.39, 0.29) is 11.5 Å². The lowest BCUT2D eigenvalue weighted by Gasteiger charge is -2.20. The number of carboxylic acid groups (broad SMARTS) is 1. The molecule has 0 aliphatic heterocycles. The number of hydrogen-bond acceptors (Lipinski definition) is 3. The van der Waals surface area contributed by atoms with Crippen LogP contribution in [0, 0.1) is 0 Å². The van der Waals surface area contributed by atoms with Crippen molar-refractivity contribution in [3.63, 3.8) is 0 Å². The highest BCUT2D eigenvalue weighted by Gasteiger charge is 2.13. The standard InChI is InChI=1S/C21H27NO3/c1-15(22-13-16-5-7-17(8-6-16)20(23)24)14-25-19-11-9-18(10-12-19)21(2,3)4/h5-12,15,22H,13-14H2,1-4H3,(H,23,24). The Morgan fingerprint density at radius 3 is 2.20 bits per heavy atom. The minimum atomic E-state index is -0.904. The maximum Gasteiger partial charge on any atom is 0.335 e. The van der Waals surface area contributed by atoms with E-state index in [0.717, 1.165) is 11.3 Å². The molecule has 1 unspecified atom stereocenters. The van der Waals surface area contributed by atoms with E-state index in [9.17, 15) is 4.79 Å². The fourth-order valence-corrected chi connectivity index (χ4v) is 2.39. The second-order valence-corrected chi connectivity index (χ2v) is 7.37. The van der Waals surface area contributed by atoms with Crippen molar-refractivity contribution in [3.05, 3.63) is 65.2 Å². The Bertz CT molecular complexity index is 685. The molecule has 2 rings (SSSR count). The molecule has 2 aromatic carbocycles. The lowest BCUT2D eigenvalue weighted by atomic mass is 9.87. The van der Waals surface area contributed by atoms with Gasteiger partial charge in [-0.1, -0.05) is 45.0 Å². The minimum absolute atomic E-state index is 0.142. The van der Waals surface area contributed by atoms with Crippen molar-refractivity contribution in [1.82, 2.24) is 5.32 Å².